The van der Waals surface area contributed by atoms with E-state index in [0.717, 1.165) is 18.7 Å². The van der Waals surface area contributed by atoms with Crippen molar-refractivity contribution in [2.75, 3.05) is 30.8 Å². The summed E-state index contributed by atoms with van der Waals surface area (Å²) < 4.78 is 10.5. The lowest BCUT2D eigenvalue weighted by Gasteiger charge is -2.13. The van der Waals surface area contributed by atoms with Crippen LogP contribution in [0, 0.1) is 0 Å². The summed E-state index contributed by atoms with van der Waals surface area (Å²) in [6.45, 7) is 7.55. The molecule has 1 aromatic carbocycles. The number of ether oxygens (including phenoxy) is 2. The van der Waals surface area contributed by atoms with Gasteiger partial charge in [0.2, 0.25) is 0 Å². The molecule has 0 heterocycles. The second kappa shape index (κ2) is 8.43. The predicted molar refractivity (Wildman–Crippen MR) is 81.0 cm³/mol. The number of nitrogens with two attached hydrogens (primary N) is 1. The van der Waals surface area contributed by atoms with E-state index in [1.807, 2.05) is 13.8 Å². The summed E-state index contributed by atoms with van der Waals surface area (Å²) in [6.07, 6.45) is 1.10. The van der Waals surface area contributed by atoms with Crippen LogP contribution in [-0.2, 0) is 9.47 Å². The van der Waals surface area contributed by atoms with Gasteiger partial charge >= 0.3 is 5.97 Å². The Morgan fingerprint density at radius 3 is 2.80 bits per heavy atom. The van der Waals surface area contributed by atoms with Crippen molar-refractivity contribution >= 4 is 17.3 Å². The number of anilines is 2. The largest absolute Gasteiger partial charge is 0.462 e. The fraction of sp³-hybridized carbons (Fsp3) is 0.533. The van der Waals surface area contributed by atoms with Crippen molar-refractivity contribution in [3.8, 4) is 0 Å². The second-order valence-corrected chi connectivity index (χ2v) is 4.73. The number of carbonyl (C=O) groups is 1. The standard InChI is InChI=1S/C15H24N2O3/c1-4-19-15(18)13-10-12(16)6-7-14(13)17-8-5-9-20-11(2)3/h6-7,10-11,17H,4-5,8-9,16H2,1-3H3. The Bertz CT molecular complexity index is 433. The zero-order chi connectivity index (χ0) is 15.0. The van der Waals surface area contributed by atoms with E-state index in [0.29, 0.717) is 24.5 Å². The first-order chi connectivity index (χ1) is 9.54. The van der Waals surface area contributed by atoms with Gasteiger partial charge in [0.25, 0.3) is 0 Å². The highest BCUT2D eigenvalue weighted by Gasteiger charge is 2.12. The number of benzene rings is 1. The average molecular weight is 280 g/mol. The van der Waals surface area contributed by atoms with E-state index in [1.165, 1.54) is 0 Å². The molecule has 0 spiro atoms. The van der Waals surface area contributed by atoms with Gasteiger partial charge in [-0.1, -0.05) is 0 Å². The third-order valence-electron chi connectivity index (χ3n) is 2.63. The zero-order valence-electron chi connectivity index (χ0n) is 12.4. The monoisotopic (exact) mass is 280 g/mol. The first kappa shape index (κ1) is 16.3. The van der Waals surface area contributed by atoms with Gasteiger partial charge in [0.05, 0.1) is 18.3 Å². The van der Waals surface area contributed by atoms with Crippen molar-refractivity contribution in [1.82, 2.24) is 0 Å². The molecule has 0 aromatic heterocycles. The molecule has 0 aliphatic rings. The first-order valence-corrected chi connectivity index (χ1v) is 6.96. The summed E-state index contributed by atoms with van der Waals surface area (Å²) in [5.74, 6) is -0.360. The number of carbonyl (C=O) groups excluding carboxylic acids is 1. The van der Waals surface area contributed by atoms with Crippen LogP contribution in [0.5, 0.6) is 0 Å². The van der Waals surface area contributed by atoms with Crippen LogP contribution < -0.4 is 11.1 Å². The Morgan fingerprint density at radius 1 is 1.40 bits per heavy atom. The van der Waals surface area contributed by atoms with Crippen LogP contribution in [0.1, 0.15) is 37.6 Å². The fourth-order valence-electron chi connectivity index (χ4n) is 1.71. The normalized spacial score (nSPS) is 10.6. The van der Waals surface area contributed by atoms with Gasteiger partial charge in [-0.15, -0.1) is 0 Å². The molecule has 0 amide bonds. The number of nitrogens with one attached hydrogen (secondary N) is 1. The van der Waals surface area contributed by atoms with E-state index < -0.39 is 0 Å². The van der Waals surface area contributed by atoms with Crippen molar-refractivity contribution in [2.24, 2.45) is 0 Å². The molecule has 0 saturated carbocycles. The number of nitrogen functional groups attached to an aromatic ring is 1. The molecule has 5 nitrogen and oxygen atoms in total. The Labute approximate surface area is 120 Å². The minimum Gasteiger partial charge on any atom is -0.462 e. The van der Waals surface area contributed by atoms with E-state index in [2.05, 4.69) is 5.32 Å². The molecule has 112 valence electrons. The molecule has 20 heavy (non-hydrogen) atoms. The van der Waals surface area contributed by atoms with Crippen LogP contribution in [-0.4, -0.2) is 31.8 Å². The van der Waals surface area contributed by atoms with E-state index in [-0.39, 0.29) is 12.1 Å². The van der Waals surface area contributed by atoms with E-state index in [9.17, 15) is 4.79 Å². The van der Waals surface area contributed by atoms with Gasteiger partial charge in [-0.25, -0.2) is 4.79 Å². The molecule has 3 N–H and O–H groups in total. The summed E-state index contributed by atoms with van der Waals surface area (Å²) in [6, 6.07) is 5.19. The number of hydrogen-bond donors (Lipinski definition) is 2. The summed E-state index contributed by atoms with van der Waals surface area (Å²) in [5.41, 5.74) is 7.47. The molecule has 0 bridgehead atoms. The maximum atomic E-state index is 11.9. The topological polar surface area (TPSA) is 73.6 Å². The summed E-state index contributed by atoms with van der Waals surface area (Å²) in [5, 5.41) is 3.22. The van der Waals surface area contributed by atoms with Gasteiger partial charge in [-0.05, 0) is 45.4 Å². The lowest BCUT2D eigenvalue weighted by molar-refractivity contribution is 0.0527. The number of esters is 1. The number of rotatable bonds is 8. The molecular weight excluding hydrogens is 256 g/mol. The van der Waals surface area contributed by atoms with Gasteiger partial charge < -0.3 is 20.5 Å². The van der Waals surface area contributed by atoms with Crippen molar-refractivity contribution in [2.45, 2.75) is 33.3 Å². The highest BCUT2D eigenvalue weighted by atomic mass is 16.5. The molecule has 0 aliphatic heterocycles. The third-order valence-corrected chi connectivity index (χ3v) is 2.63. The molecule has 0 fully saturated rings. The molecular formula is C15H24N2O3. The average Bonchev–Trinajstić information content (AvgIpc) is 2.39. The minimum absolute atomic E-state index is 0.238. The first-order valence-electron chi connectivity index (χ1n) is 6.96. The summed E-state index contributed by atoms with van der Waals surface area (Å²) >= 11 is 0. The quantitative estimate of drug-likeness (QED) is 0.435. The minimum atomic E-state index is -0.360. The van der Waals surface area contributed by atoms with Crippen LogP contribution in [0.15, 0.2) is 18.2 Å². The number of hydrogen-bond acceptors (Lipinski definition) is 5. The second-order valence-electron chi connectivity index (χ2n) is 4.73. The van der Waals surface area contributed by atoms with Gasteiger partial charge in [0.1, 0.15) is 0 Å². The van der Waals surface area contributed by atoms with Gasteiger partial charge in [0, 0.05) is 24.5 Å². The third kappa shape index (κ3) is 5.48. The SMILES string of the molecule is CCOC(=O)c1cc(N)ccc1NCCCOC(C)C. The highest BCUT2D eigenvalue weighted by Crippen LogP contribution is 2.20. The molecule has 1 rings (SSSR count). The Kier molecular flexibility index (Phi) is 6.87. The molecule has 0 unspecified atom stereocenters. The lowest BCUT2D eigenvalue weighted by atomic mass is 10.1. The van der Waals surface area contributed by atoms with Crippen molar-refractivity contribution in [3.63, 3.8) is 0 Å². The van der Waals surface area contributed by atoms with Crippen molar-refractivity contribution in [3.05, 3.63) is 23.8 Å². The van der Waals surface area contributed by atoms with Gasteiger partial charge in [-0.3, -0.25) is 0 Å². The van der Waals surface area contributed by atoms with Crippen LogP contribution in [0.3, 0.4) is 0 Å². The molecule has 1 aromatic rings. The molecule has 0 aliphatic carbocycles. The van der Waals surface area contributed by atoms with E-state index >= 15 is 0 Å². The fourth-order valence-corrected chi connectivity index (χ4v) is 1.71. The van der Waals surface area contributed by atoms with Crippen molar-refractivity contribution < 1.29 is 14.3 Å². The Balaban J connectivity index is 2.58. The predicted octanol–water partition coefficient (Wildman–Crippen LogP) is 2.67. The van der Waals surface area contributed by atoms with E-state index in [4.69, 9.17) is 15.2 Å². The maximum Gasteiger partial charge on any atom is 0.340 e. The van der Waals surface area contributed by atoms with Crippen LogP contribution in [0.4, 0.5) is 11.4 Å². The van der Waals surface area contributed by atoms with Crippen molar-refractivity contribution in [1.29, 1.82) is 0 Å². The zero-order valence-corrected chi connectivity index (χ0v) is 12.4. The molecule has 5 heteroatoms. The Morgan fingerprint density at radius 2 is 2.15 bits per heavy atom. The van der Waals surface area contributed by atoms with Gasteiger partial charge in [0.15, 0.2) is 0 Å². The van der Waals surface area contributed by atoms with E-state index in [1.54, 1.807) is 25.1 Å². The lowest BCUT2D eigenvalue weighted by Crippen LogP contribution is -2.13. The molecule has 0 radical (unpaired) electrons. The summed E-state index contributed by atoms with van der Waals surface area (Å²) in [7, 11) is 0. The molecule has 0 atom stereocenters. The van der Waals surface area contributed by atoms with Crippen LogP contribution in [0.2, 0.25) is 0 Å². The van der Waals surface area contributed by atoms with Crippen LogP contribution in [0.25, 0.3) is 0 Å². The molecule has 0 saturated heterocycles. The Hall–Kier alpha value is -1.75. The highest BCUT2D eigenvalue weighted by molar-refractivity contribution is 5.96. The van der Waals surface area contributed by atoms with Gasteiger partial charge in [-0.2, -0.15) is 0 Å². The van der Waals surface area contributed by atoms with Crippen LogP contribution >= 0.6 is 0 Å². The maximum absolute atomic E-state index is 11.9. The smallest absolute Gasteiger partial charge is 0.340 e. The summed E-state index contributed by atoms with van der Waals surface area (Å²) in [4.78, 5) is 11.9.